The Balaban J connectivity index is 0. The molecule has 0 amide bonds. The molecule has 0 aromatic carbocycles. The summed E-state index contributed by atoms with van der Waals surface area (Å²) in [5, 5.41) is 0. The van der Waals surface area contributed by atoms with Crippen LogP contribution in [-0.4, -0.2) is 23.5 Å². The van der Waals surface area contributed by atoms with Gasteiger partial charge in [-0.1, -0.05) is 39.5 Å². The topological polar surface area (TPSA) is 9.23 Å². The molecule has 0 aliphatic heterocycles. The molecule has 0 aromatic rings. The molecule has 0 fully saturated rings. The maximum Gasteiger partial charge on any atom is 0.185 e. The Morgan fingerprint density at radius 3 is 1.15 bits per heavy atom. The van der Waals surface area contributed by atoms with Crippen LogP contribution in [0.4, 0.5) is 0 Å². The van der Waals surface area contributed by atoms with Gasteiger partial charge in [0.1, 0.15) is 0 Å². The third kappa shape index (κ3) is 15.2. The summed E-state index contributed by atoms with van der Waals surface area (Å²) in [5.74, 6) is 0. The largest absolute Gasteiger partial charge is 0.420 e. The standard InChI is InChI=1S/C5H14OSi.C5H14Si/c1-5-7(3,4)6-2;1-5-6(2,3)4/h5H2,1-4H3;5H2,1-4H3. The molecular formula is C10H28OSi2. The Labute approximate surface area is 87.0 Å². The van der Waals surface area contributed by atoms with Crippen LogP contribution in [0.3, 0.4) is 0 Å². The summed E-state index contributed by atoms with van der Waals surface area (Å²) in [7, 11) is 0.0189. The minimum atomic E-state index is -1.15. The van der Waals surface area contributed by atoms with Crippen molar-refractivity contribution in [2.75, 3.05) is 7.11 Å². The first kappa shape index (κ1) is 15.8. The molecule has 0 atom stereocenters. The Kier molecular flexibility index (Phi) is 8.28. The van der Waals surface area contributed by atoms with Crippen molar-refractivity contribution >= 4 is 16.4 Å². The SMILES string of the molecule is CC[Si](C)(C)C.CC[Si](C)(C)OC. The summed E-state index contributed by atoms with van der Waals surface area (Å²) < 4.78 is 5.23. The Bertz CT molecular complexity index is 111. The van der Waals surface area contributed by atoms with Gasteiger partial charge in [0.25, 0.3) is 0 Å². The van der Waals surface area contributed by atoms with Crippen LogP contribution in [-0.2, 0) is 4.43 Å². The van der Waals surface area contributed by atoms with E-state index >= 15 is 0 Å². The zero-order valence-electron chi connectivity index (χ0n) is 10.8. The van der Waals surface area contributed by atoms with Crippen molar-refractivity contribution in [1.82, 2.24) is 0 Å². The minimum Gasteiger partial charge on any atom is -0.420 e. The molecule has 3 heteroatoms. The molecule has 1 nitrogen and oxygen atoms in total. The molecule has 0 heterocycles. The fourth-order valence-corrected chi connectivity index (χ4v) is 0.433. The molecule has 0 aliphatic rings. The third-order valence-corrected chi connectivity index (χ3v) is 7.39. The summed E-state index contributed by atoms with van der Waals surface area (Å²) in [5.41, 5.74) is 0. The molecule has 13 heavy (non-hydrogen) atoms. The Morgan fingerprint density at radius 1 is 0.846 bits per heavy atom. The van der Waals surface area contributed by atoms with Crippen LogP contribution in [0.5, 0.6) is 0 Å². The van der Waals surface area contributed by atoms with Crippen molar-refractivity contribution in [1.29, 1.82) is 0 Å². The lowest BCUT2D eigenvalue weighted by Gasteiger charge is -2.15. The van der Waals surface area contributed by atoms with Gasteiger partial charge in [0.05, 0.1) is 0 Å². The molecule has 0 aromatic heterocycles. The predicted octanol–water partition coefficient (Wildman–Crippen LogP) is 4.20. The van der Waals surface area contributed by atoms with Gasteiger partial charge in [0.15, 0.2) is 8.32 Å². The van der Waals surface area contributed by atoms with Gasteiger partial charge in [-0.2, -0.15) is 0 Å². The zero-order valence-corrected chi connectivity index (χ0v) is 12.8. The van der Waals surface area contributed by atoms with Crippen LogP contribution in [0.1, 0.15) is 13.8 Å². The molecule has 0 saturated heterocycles. The molecule has 0 N–H and O–H groups in total. The fourth-order valence-electron chi connectivity index (χ4n) is 0.144. The molecule has 0 bridgehead atoms. The number of hydrogen-bond donors (Lipinski definition) is 0. The smallest absolute Gasteiger partial charge is 0.185 e. The van der Waals surface area contributed by atoms with Gasteiger partial charge in [0, 0.05) is 15.2 Å². The van der Waals surface area contributed by atoms with E-state index in [9.17, 15) is 0 Å². The first-order chi connectivity index (χ1) is 5.68. The quantitative estimate of drug-likeness (QED) is 0.648. The monoisotopic (exact) mass is 220 g/mol. The normalized spacial score (nSPS) is 12.0. The van der Waals surface area contributed by atoms with Crippen LogP contribution in [0.2, 0.25) is 44.8 Å². The van der Waals surface area contributed by atoms with Gasteiger partial charge in [-0.05, 0) is 19.1 Å². The van der Waals surface area contributed by atoms with Crippen molar-refractivity contribution in [2.24, 2.45) is 0 Å². The first-order valence-electron chi connectivity index (χ1n) is 5.23. The molecule has 0 saturated carbocycles. The summed E-state index contributed by atoms with van der Waals surface area (Å²) in [6.45, 7) is 16.0. The van der Waals surface area contributed by atoms with Crippen molar-refractivity contribution < 1.29 is 4.43 Å². The summed E-state index contributed by atoms with van der Waals surface area (Å²) in [6.07, 6.45) is 0. The second-order valence-electron chi connectivity index (χ2n) is 5.23. The van der Waals surface area contributed by atoms with Gasteiger partial charge >= 0.3 is 0 Å². The third-order valence-electron chi connectivity index (χ3n) is 2.46. The summed E-state index contributed by atoms with van der Waals surface area (Å²) in [4.78, 5) is 0. The Hall–Kier alpha value is 0.394. The highest BCUT2D eigenvalue weighted by Gasteiger charge is 2.15. The first-order valence-corrected chi connectivity index (χ1v) is 12.1. The van der Waals surface area contributed by atoms with E-state index < -0.39 is 16.4 Å². The highest BCUT2D eigenvalue weighted by molar-refractivity contribution is 6.76. The maximum atomic E-state index is 5.23. The lowest BCUT2D eigenvalue weighted by molar-refractivity contribution is 0.405. The second-order valence-corrected chi connectivity index (χ2v) is 15.7. The molecular weight excluding hydrogens is 192 g/mol. The van der Waals surface area contributed by atoms with E-state index in [-0.39, 0.29) is 0 Å². The second kappa shape index (κ2) is 6.79. The van der Waals surface area contributed by atoms with E-state index in [1.54, 1.807) is 7.11 Å². The van der Waals surface area contributed by atoms with E-state index in [0.717, 1.165) is 0 Å². The van der Waals surface area contributed by atoms with Gasteiger partial charge in [0.2, 0.25) is 0 Å². The van der Waals surface area contributed by atoms with Crippen molar-refractivity contribution in [2.45, 2.75) is 58.7 Å². The number of hydrogen-bond acceptors (Lipinski definition) is 1. The average Bonchev–Trinajstić information content (AvgIpc) is 2.04. The van der Waals surface area contributed by atoms with Gasteiger partial charge in [-0.3, -0.25) is 0 Å². The number of rotatable bonds is 3. The van der Waals surface area contributed by atoms with Crippen molar-refractivity contribution in [3.63, 3.8) is 0 Å². The van der Waals surface area contributed by atoms with Crippen LogP contribution < -0.4 is 0 Å². The molecule has 0 spiro atoms. The van der Waals surface area contributed by atoms with E-state index in [1.807, 2.05) is 0 Å². The predicted molar refractivity (Wildman–Crippen MR) is 68.8 cm³/mol. The van der Waals surface area contributed by atoms with E-state index in [1.165, 1.54) is 12.1 Å². The molecule has 0 radical (unpaired) electrons. The maximum absolute atomic E-state index is 5.23. The van der Waals surface area contributed by atoms with Crippen molar-refractivity contribution in [3.05, 3.63) is 0 Å². The van der Waals surface area contributed by atoms with E-state index in [0.29, 0.717) is 0 Å². The van der Waals surface area contributed by atoms with Crippen LogP contribution >= 0.6 is 0 Å². The average molecular weight is 221 g/mol. The van der Waals surface area contributed by atoms with Gasteiger partial charge in [-0.25, -0.2) is 0 Å². The van der Waals surface area contributed by atoms with Crippen molar-refractivity contribution in [3.8, 4) is 0 Å². The summed E-state index contributed by atoms with van der Waals surface area (Å²) in [6, 6.07) is 2.62. The Morgan fingerprint density at radius 2 is 1.15 bits per heavy atom. The molecule has 0 rings (SSSR count). The highest BCUT2D eigenvalue weighted by Crippen LogP contribution is 2.06. The fraction of sp³-hybridized carbons (Fsp3) is 1.00. The molecule has 82 valence electrons. The lowest BCUT2D eigenvalue weighted by atomic mass is 11.0. The van der Waals surface area contributed by atoms with E-state index in [4.69, 9.17) is 4.43 Å². The van der Waals surface area contributed by atoms with Gasteiger partial charge in [-0.15, -0.1) is 0 Å². The minimum absolute atomic E-state index is 0.631. The van der Waals surface area contributed by atoms with Crippen LogP contribution in [0, 0.1) is 0 Å². The lowest BCUT2D eigenvalue weighted by Crippen LogP contribution is -2.26. The molecule has 0 unspecified atom stereocenters. The van der Waals surface area contributed by atoms with E-state index in [2.05, 4.69) is 46.6 Å². The zero-order chi connectivity index (χ0) is 11.1. The molecule has 0 aliphatic carbocycles. The highest BCUT2D eigenvalue weighted by atomic mass is 28.4. The van der Waals surface area contributed by atoms with Crippen LogP contribution in [0.25, 0.3) is 0 Å². The summed E-state index contributed by atoms with van der Waals surface area (Å²) >= 11 is 0. The van der Waals surface area contributed by atoms with Crippen LogP contribution in [0.15, 0.2) is 0 Å². The van der Waals surface area contributed by atoms with Gasteiger partial charge < -0.3 is 4.43 Å².